The molecule has 4 rings (SSSR count). The Bertz CT molecular complexity index is 542. The van der Waals surface area contributed by atoms with Crippen molar-refractivity contribution in [1.82, 2.24) is 4.90 Å². The number of ether oxygens (including phenoxy) is 1. The van der Waals surface area contributed by atoms with Crippen molar-refractivity contribution in [3.05, 3.63) is 35.4 Å². The third kappa shape index (κ3) is 2.77. The molecule has 0 bridgehead atoms. The van der Waals surface area contributed by atoms with Gasteiger partial charge in [-0.3, -0.25) is 4.99 Å². The number of halogens is 1. The fourth-order valence-electron chi connectivity index (χ4n) is 3.82. The molecule has 4 nitrogen and oxygen atoms in total. The molecule has 5 heteroatoms. The maximum Gasteiger partial charge on any atom is 0.191 e. The van der Waals surface area contributed by atoms with Crippen LogP contribution in [-0.4, -0.2) is 43.7 Å². The maximum absolute atomic E-state index is 6.09. The van der Waals surface area contributed by atoms with Gasteiger partial charge < -0.3 is 15.4 Å². The van der Waals surface area contributed by atoms with Gasteiger partial charge >= 0.3 is 0 Å². The van der Waals surface area contributed by atoms with Crippen LogP contribution in [0.4, 0.5) is 0 Å². The van der Waals surface area contributed by atoms with E-state index >= 15 is 0 Å². The van der Waals surface area contributed by atoms with Crippen molar-refractivity contribution in [1.29, 1.82) is 0 Å². The molecular weight excluding hydrogens is 377 g/mol. The summed E-state index contributed by atoms with van der Waals surface area (Å²) in [4.78, 5) is 6.76. The smallest absolute Gasteiger partial charge is 0.191 e. The SMILES string of the molecule is I.NC(=NCC1C2Cc3ccccc3C12)N1CCOCC1. The van der Waals surface area contributed by atoms with Crippen molar-refractivity contribution in [2.24, 2.45) is 22.6 Å². The lowest BCUT2D eigenvalue weighted by Gasteiger charge is -2.27. The van der Waals surface area contributed by atoms with Crippen LogP contribution in [0.3, 0.4) is 0 Å². The predicted molar refractivity (Wildman–Crippen MR) is 94.2 cm³/mol. The molecule has 2 fully saturated rings. The van der Waals surface area contributed by atoms with Gasteiger partial charge in [0.25, 0.3) is 0 Å². The van der Waals surface area contributed by atoms with E-state index in [1.807, 2.05) is 0 Å². The first-order chi connectivity index (χ1) is 9.84. The molecule has 114 valence electrons. The fourth-order valence-corrected chi connectivity index (χ4v) is 3.82. The predicted octanol–water partition coefficient (Wildman–Crippen LogP) is 1.84. The van der Waals surface area contributed by atoms with E-state index in [1.165, 1.54) is 6.42 Å². The van der Waals surface area contributed by atoms with Gasteiger partial charge in [0.15, 0.2) is 5.96 Å². The van der Waals surface area contributed by atoms with Gasteiger partial charge in [-0.25, -0.2) is 0 Å². The first-order valence-electron chi connectivity index (χ1n) is 7.55. The molecular formula is C16H22IN3O. The van der Waals surface area contributed by atoms with Gasteiger partial charge in [-0.15, -0.1) is 24.0 Å². The second-order valence-electron chi connectivity index (χ2n) is 6.05. The molecule has 3 atom stereocenters. The van der Waals surface area contributed by atoms with Gasteiger partial charge in [-0.1, -0.05) is 24.3 Å². The Morgan fingerprint density at radius 2 is 2.05 bits per heavy atom. The van der Waals surface area contributed by atoms with Crippen molar-refractivity contribution in [3.8, 4) is 0 Å². The number of hydrogen-bond donors (Lipinski definition) is 1. The Balaban J connectivity index is 0.00000132. The van der Waals surface area contributed by atoms with E-state index in [-0.39, 0.29) is 24.0 Å². The molecule has 2 aliphatic carbocycles. The van der Waals surface area contributed by atoms with Crippen molar-refractivity contribution < 1.29 is 4.74 Å². The molecule has 0 amide bonds. The van der Waals surface area contributed by atoms with E-state index in [4.69, 9.17) is 10.5 Å². The summed E-state index contributed by atoms with van der Waals surface area (Å²) in [6.07, 6.45) is 1.23. The first kappa shape index (κ1) is 15.1. The summed E-state index contributed by atoms with van der Waals surface area (Å²) in [5, 5.41) is 0. The topological polar surface area (TPSA) is 50.8 Å². The van der Waals surface area contributed by atoms with Crippen LogP contribution in [0, 0.1) is 11.8 Å². The van der Waals surface area contributed by atoms with Crippen molar-refractivity contribution in [3.63, 3.8) is 0 Å². The summed E-state index contributed by atoms with van der Waals surface area (Å²) in [7, 11) is 0. The molecule has 21 heavy (non-hydrogen) atoms. The number of nitrogens with two attached hydrogens (primary N) is 1. The number of nitrogens with zero attached hydrogens (tertiary/aromatic N) is 2. The summed E-state index contributed by atoms with van der Waals surface area (Å²) in [6, 6.07) is 8.86. The summed E-state index contributed by atoms with van der Waals surface area (Å²) in [5.74, 6) is 2.97. The van der Waals surface area contributed by atoms with Crippen molar-refractivity contribution in [2.75, 3.05) is 32.8 Å². The number of fused-ring (bicyclic) bond motifs is 3. The second kappa shape index (κ2) is 6.12. The average molecular weight is 399 g/mol. The molecule has 1 saturated carbocycles. The van der Waals surface area contributed by atoms with Crippen LogP contribution in [0.25, 0.3) is 0 Å². The van der Waals surface area contributed by atoms with E-state index in [2.05, 4.69) is 34.2 Å². The zero-order valence-corrected chi connectivity index (χ0v) is 14.4. The van der Waals surface area contributed by atoms with Crippen LogP contribution in [0.2, 0.25) is 0 Å². The Kier molecular flexibility index (Phi) is 4.40. The van der Waals surface area contributed by atoms with Crippen molar-refractivity contribution >= 4 is 29.9 Å². The standard InChI is InChI=1S/C16H21N3O.HI/c17-16(19-5-7-20-8-6-19)18-10-14-13-9-11-3-1-2-4-12(11)15(13)14;/h1-4,13-15H,5-10H2,(H2,17,18);1H. The number of rotatable bonds is 2. The Labute approximate surface area is 142 Å². The lowest BCUT2D eigenvalue weighted by Crippen LogP contribution is -2.44. The third-order valence-electron chi connectivity index (χ3n) is 5.00. The molecule has 1 saturated heterocycles. The van der Waals surface area contributed by atoms with Gasteiger partial charge in [0, 0.05) is 19.6 Å². The molecule has 0 radical (unpaired) electrons. The highest BCUT2D eigenvalue weighted by atomic mass is 127. The Hall–Kier alpha value is -0.820. The molecule has 1 heterocycles. The van der Waals surface area contributed by atoms with Gasteiger partial charge in [-0.05, 0) is 35.3 Å². The summed E-state index contributed by atoms with van der Waals surface area (Å²) < 4.78 is 5.34. The summed E-state index contributed by atoms with van der Waals surface area (Å²) in [5.41, 5.74) is 9.19. The van der Waals surface area contributed by atoms with E-state index in [9.17, 15) is 0 Å². The fraction of sp³-hybridized carbons (Fsp3) is 0.562. The molecule has 1 aliphatic heterocycles. The molecule has 3 aliphatic rings. The van der Waals surface area contributed by atoms with Crippen LogP contribution >= 0.6 is 24.0 Å². The number of morpholine rings is 1. The van der Waals surface area contributed by atoms with E-state index in [0.29, 0.717) is 11.9 Å². The minimum absolute atomic E-state index is 0. The summed E-state index contributed by atoms with van der Waals surface area (Å²) in [6.45, 7) is 4.15. The molecule has 1 aromatic rings. The lowest BCUT2D eigenvalue weighted by atomic mass is 10.0. The third-order valence-corrected chi connectivity index (χ3v) is 5.00. The van der Waals surface area contributed by atoms with E-state index < -0.39 is 0 Å². The van der Waals surface area contributed by atoms with Crippen LogP contribution in [-0.2, 0) is 11.2 Å². The van der Waals surface area contributed by atoms with Crippen LogP contribution in [0.1, 0.15) is 17.0 Å². The monoisotopic (exact) mass is 399 g/mol. The number of hydrogen-bond acceptors (Lipinski definition) is 2. The number of aliphatic imine (C=N–C) groups is 1. The van der Waals surface area contributed by atoms with Crippen LogP contribution in [0.15, 0.2) is 29.3 Å². The zero-order valence-electron chi connectivity index (χ0n) is 12.1. The van der Waals surface area contributed by atoms with E-state index in [1.54, 1.807) is 11.1 Å². The van der Waals surface area contributed by atoms with Crippen molar-refractivity contribution in [2.45, 2.75) is 12.3 Å². The van der Waals surface area contributed by atoms with Gasteiger partial charge in [0.2, 0.25) is 0 Å². The average Bonchev–Trinajstić information content (AvgIpc) is 3.04. The Morgan fingerprint density at radius 3 is 2.86 bits per heavy atom. The van der Waals surface area contributed by atoms with Crippen LogP contribution in [0.5, 0.6) is 0 Å². The molecule has 0 aromatic heterocycles. The molecule has 2 N–H and O–H groups in total. The largest absolute Gasteiger partial charge is 0.378 e. The Morgan fingerprint density at radius 1 is 1.29 bits per heavy atom. The highest BCUT2D eigenvalue weighted by Gasteiger charge is 2.54. The first-order valence-corrected chi connectivity index (χ1v) is 7.55. The highest BCUT2D eigenvalue weighted by Crippen LogP contribution is 2.61. The second-order valence-corrected chi connectivity index (χ2v) is 6.05. The number of benzene rings is 1. The highest BCUT2D eigenvalue weighted by molar-refractivity contribution is 14.0. The molecule has 3 unspecified atom stereocenters. The normalized spacial score (nSPS) is 30.4. The van der Waals surface area contributed by atoms with Gasteiger partial charge in [0.1, 0.15) is 0 Å². The minimum Gasteiger partial charge on any atom is -0.378 e. The molecule has 1 aromatic carbocycles. The minimum atomic E-state index is 0. The zero-order chi connectivity index (χ0) is 13.5. The maximum atomic E-state index is 6.09. The van der Waals surface area contributed by atoms with Gasteiger partial charge in [0.05, 0.1) is 13.2 Å². The van der Waals surface area contributed by atoms with Gasteiger partial charge in [-0.2, -0.15) is 0 Å². The lowest BCUT2D eigenvalue weighted by molar-refractivity contribution is 0.0674. The number of guanidine groups is 1. The van der Waals surface area contributed by atoms with Crippen LogP contribution < -0.4 is 5.73 Å². The quantitative estimate of drug-likeness (QED) is 0.469. The molecule has 0 spiro atoms. The van der Waals surface area contributed by atoms with E-state index in [0.717, 1.165) is 44.7 Å². The summed E-state index contributed by atoms with van der Waals surface area (Å²) >= 11 is 0.